The first kappa shape index (κ1) is 18.8. The molecular formula is C22H29N3Si. The van der Waals surface area contributed by atoms with Crippen molar-refractivity contribution in [2.24, 2.45) is 0 Å². The van der Waals surface area contributed by atoms with Crippen LogP contribution in [0.5, 0.6) is 0 Å². The molecule has 2 aromatic carbocycles. The molecule has 1 aliphatic heterocycles. The molecule has 4 heteroatoms. The van der Waals surface area contributed by atoms with Crippen LogP contribution in [0.4, 0.5) is 0 Å². The van der Waals surface area contributed by atoms with Gasteiger partial charge in [0.15, 0.2) is 8.24 Å². The van der Waals surface area contributed by atoms with Gasteiger partial charge in [0.25, 0.3) is 0 Å². The van der Waals surface area contributed by atoms with E-state index < -0.39 is 8.24 Å². The maximum atomic E-state index is 8.96. The van der Waals surface area contributed by atoms with E-state index in [-0.39, 0.29) is 5.04 Å². The lowest BCUT2D eigenvalue weighted by Gasteiger charge is -2.49. The van der Waals surface area contributed by atoms with Crippen LogP contribution in [-0.2, 0) is 0 Å². The second-order valence-electron chi connectivity index (χ2n) is 8.12. The van der Waals surface area contributed by atoms with E-state index in [4.69, 9.17) is 5.26 Å². The van der Waals surface area contributed by atoms with Gasteiger partial charge in [0.2, 0.25) is 0 Å². The zero-order valence-electron chi connectivity index (χ0n) is 16.2. The van der Waals surface area contributed by atoms with Crippen LogP contribution in [0.3, 0.4) is 0 Å². The van der Waals surface area contributed by atoms with Crippen LogP contribution in [0, 0.1) is 11.3 Å². The van der Waals surface area contributed by atoms with Crippen molar-refractivity contribution in [2.75, 3.05) is 26.3 Å². The van der Waals surface area contributed by atoms with Crippen molar-refractivity contribution in [1.82, 2.24) is 9.47 Å². The van der Waals surface area contributed by atoms with Gasteiger partial charge < -0.3 is 4.57 Å². The van der Waals surface area contributed by atoms with Gasteiger partial charge in [-0.05, 0) is 15.4 Å². The molecule has 0 radical (unpaired) electrons. The average molecular weight is 364 g/mol. The second-order valence-corrected chi connectivity index (χ2v) is 12.8. The summed E-state index contributed by atoms with van der Waals surface area (Å²) >= 11 is 0. The third kappa shape index (κ3) is 3.35. The lowest BCUT2D eigenvalue weighted by atomic mass is 10.2. The monoisotopic (exact) mass is 363 g/mol. The highest BCUT2D eigenvalue weighted by molar-refractivity contribution is 7.02. The smallest absolute Gasteiger partial charge is 0.199 e. The molecular weight excluding hydrogens is 334 g/mol. The fraction of sp³-hybridized carbons (Fsp3) is 0.409. The Morgan fingerprint density at radius 3 is 1.92 bits per heavy atom. The maximum Gasteiger partial charge on any atom is 0.199 e. The van der Waals surface area contributed by atoms with Gasteiger partial charge in [0.05, 0.1) is 6.07 Å². The number of benzene rings is 2. The Bertz CT molecular complexity index is 707. The molecule has 1 fully saturated rings. The molecule has 0 aromatic heterocycles. The molecule has 0 saturated carbocycles. The summed E-state index contributed by atoms with van der Waals surface area (Å²) in [6.45, 7) is 11.1. The second kappa shape index (κ2) is 7.75. The predicted molar refractivity (Wildman–Crippen MR) is 111 cm³/mol. The standard InChI is InChI=1S/C22H29N3Si/c1-22(2,3)26(20-11-6-4-7-12-20,21-13-8-5-9-14-21)25-18-17-24(19-25)16-10-15-23/h4-9,11-14H,10,16-19H2,1-3H3. The van der Waals surface area contributed by atoms with Crippen molar-refractivity contribution in [2.45, 2.75) is 32.2 Å². The van der Waals surface area contributed by atoms with Gasteiger partial charge in [-0.3, -0.25) is 4.90 Å². The van der Waals surface area contributed by atoms with Crippen LogP contribution >= 0.6 is 0 Å². The van der Waals surface area contributed by atoms with Crippen molar-refractivity contribution in [1.29, 1.82) is 5.26 Å². The van der Waals surface area contributed by atoms with Gasteiger partial charge in [0, 0.05) is 32.7 Å². The predicted octanol–water partition coefficient (Wildman–Crippen LogP) is 3.04. The van der Waals surface area contributed by atoms with Gasteiger partial charge in [-0.25, -0.2) is 0 Å². The van der Waals surface area contributed by atoms with Crippen LogP contribution in [-0.4, -0.2) is 44.0 Å². The highest BCUT2D eigenvalue weighted by Crippen LogP contribution is 2.39. The maximum absolute atomic E-state index is 8.96. The summed E-state index contributed by atoms with van der Waals surface area (Å²) in [6.07, 6.45) is 0.606. The van der Waals surface area contributed by atoms with E-state index >= 15 is 0 Å². The molecule has 3 rings (SSSR count). The average Bonchev–Trinajstić information content (AvgIpc) is 3.10. The minimum Gasteiger partial charge on any atom is -0.302 e. The van der Waals surface area contributed by atoms with Crippen molar-refractivity contribution in [3.8, 4) is 6.07 Å². The molecule has 3 nitrogen and oxygen atoms in total. The van der Waals surface area contributed by atoms with Crippen LogP contribution < -0.4 is 10.4 Å². The molecule has 0 bridgehead atoms. The van der Waals surface area contributed by atoms with E-state index in [1.807, 2.05) is 0 Å². The Morgan fingerprint density at radius 1 is 0.923 bits per heavy atom. The van der Waals surface area contributed by atoms with Crippen molar-refractivity contribution in [3.63, 3.8) is 0 Å². The van der Waals surface area contributed by atoms with Gasteiger partial charge in [-0.2, -0.15) is 5.26 Å². The van der Waals surface area contributed by atoms with Gasteiger partial charge >= 0.3 is 0 Å². The highest BCUT2D eigenvalue weighted by atomic mass is 28.3. The third-order valence-electron chi connectivity index (χ3n) is 5.54. The molecule has 136 valence electrons. The number of nitrogens with zero attached hydrogens (tertiary/aromatic N) is 3. The van der Waals surface area contributed by atoms with Crippen LogP contribution in [0.2, 0.25) is 5.04 Å². The number of hydrogen-bond donors (Lipinski definition) is 0. The number of nitriles is 1. The fourth-order valence-electron chi connectivity index (χ4n) is 4.54. The molecule has 0 spiro atoms. The molecule has 0 N–H and O–H groups in total. The molecule has 0 unspecified atom stereocenters. The van der Waals surface area contributed by atoms with E-state index in [0.717, 1.165) is 26.3 Å². The fourth-order valence-corrected chi connectivity index (χ4v) is 10.5. The summed E-state index contributed by atoms with van der Waals surface area (Å²) in [6, 6.07) is 24.5. The normalized spacial score (nSPS) is 16.5. The first-order valence-electron chi connectivity index (χ1n) is 9.45. The SMILES string of the molecule is CC(C)(C)[Si](c1ccccc1)(c1ccccc1)N1CCN(CCC#N)C1. The van der Waals surface area contributed by atoms with Crippen LogP contribution in [0.15, 0.2) is 60.7 Å². The molecule has 1 saturated heterocycles. The molecule has 26 heavy (non-hydrogen) atoms. The number of hydrogen-bond acceptors (Lipinski definition) is 3. The van der Waals surface area contributed by atoms with E-state index in [9.17, 15) is 0 Å². The quantitative estimate of drug-likeness (QED) is 0.765. The van der Waals surface area contributed by atoms with E-state index in [1.54, 1.807) is 0 Å². The zero-order chi connectivity index (χ0) is 18.6. The first-order chi connectivity index (χ1) is 12.5. The summed E-state index contributed by atoms with van der Waals surface area (Å²) < 4.78 is 2.75. The number of rotatable bonds is 5. The summed E-state index contributed by atoms with van der Waals surface area (Å²) in [5.41, 5.74) is 0. The Hall–Kier alpha value is -1.93. The molecule has 0 atom stereocenters. The largest absolute Gasteiger partial charge is 0.302 e. The summed E-state index contributed by atoms with van der Waals surface area (Å²) in [5, 5.41) is 12.0. The molecule has 2 aromatic rings. The Kier molecular flexibility index (Phi) is 5.62. The lowest BCUT2D eigenvalue weighted by Crippen LogP contribution is -2.74. The Balaban J connectivity index is 2.12. The summed E-state index contributed by atoms with van der Waals surface area (Å²) in [7, 11) is -2.19. The molecule has 0 aliphatic carbocycles. The Labute approximate surface area is 159 Å². The van der Waals surface area contributed by atoms with Crippen LogP contribution in [0.1, 0.15) is 27.2 Å². The van der Waals surface area contributed by atoms with Gasteiger partial charge in [0.1, 0.15) is 0 Å². The summed E-state index contributed by atoms with van der Waals surface area (Å²) in [5.74, 6) is 0. The molecule has 0 amide bonds. The third-order valence-corrected chi connectivity index (χ3v) is 11.4. The lowest BCUT2D eigenvalue weighted by molar-refractivity contribution is 0.306. The van der Waals surface area contributed by atoms with Crippen molar-refractivity contribution in [3.05, 3.63) is 60.7 Å². The first-order valence-corrected chi connectivity index (χ1v) is 11.4. The highest BCUT2D eigenvalue weighted by Gasteiger charge is 2.53. The van der Waals surface area contributed by atoms with Crippen molar-refractivity contribution < 1.29 is 0 Å². The topological polar surface area (TPSA) is 30.3 Å². The Morgan fingerprint density at radius 2 is 1.46 bits per heavy atom. The van der Waals surface area contributed by atoms with Gasteiger partial charge in [-0.1, -0.05) is 81.4 Å². The van der Waals surface area contributed by atoms with Gasteiger partial charge in [-0.15, -0.1) is 0 Å². The minimum atomic E-state index is -2.19. The minimum absolute atomic E-state index is 0.140. The van der Waals surface area contributed by atoms with E-state index in [2.05, 4.69) is 97.0 Å². The molecule has 1 aliphatic rings. The molecule has 1 heterocycles. The van der Waals surface area contributed by atoms with E-state index in [1.165, 1.54) is 10.4 Å². The van der Waals surface area contributed by atoms with E-state index in [0.29, 0.717) is 6.42 Å². The van der Waals surface area contributed by atoms with Crippen molar-refractivity contribution >= 4 is 18.6 Å². The zero-order valence-corrected chi connectivity index (χ0v) is 17.2. The van der Waals surface area contributed by atoms with Crippen LogP contribution in [0.25, 0.3) is 0 Å². The summed E-state index contributed by atoms with van der Waals surface area (Å²) in [4.78, 5) is 2.43.